The van der Waals surface area contributed by atoms with Crippen LogP contribution in [0.3, 0.4) is 0 Å². The van der Waals surface area contributed by atoms with E-state index in [1.165, 1.54) is 0 Å². The third-order valence-corrected chi connectivity index (χ3v) is 18.9. The number of aromatic amines is 4. The van der Waals surface area contributed by atoms with Crippen molar-refractivity contribution in [2.45, 2.75) is 200 Å². The van der Waals surface area contributed by atoms with Crippen molar-refractivity contribution in [3.63, 3.8) is 0 Å². The molecule has 26 nitrogen and oxygen atoms in total. The van der Waals surface area contributed by atoms with Gasteiger partial charge in [-0.15, -0.1) is 0 Å². The molecule has 0 saturated carbocycles. The normalized spacial score (nSPS) is 22.4. The van der Waals surface area contributed by atoms with E-state index in [4.69, 9.17) is 5.73 Å². The molecule has 11 amide bonds. The number of amides is 11. The van der Waals surface area contributed by atoms with Gasteiger partial charge in [0.25, 0.3) is 0 Å². The van der Waals surface area contributed by atoms with Crippen molar-refractivity contribution in [3.05, 3.63) is 144 Å². The van der Waals surface area contributed by atoms with Gasteiger partial charge in [-0.05, 0) is 115 Å². The Balaban J connectivity index is 1.15. The minimum atomic E-state index is -1.53. The number of para-hydroxylation sites is 4. The molecule has 560 valence electrons. The van der Waals surface area contributed by atoms with Crippen LogP contribution in [-0.4, -0.2) is 145 Å². The van der Waals surface area contributed by atoms with Crippen molar-refractivity contribution in [3.8, 4) is 0 Å². The highest BCUT2D eigenvalue weighted by Crippen LogP contribution is 2.26. The van der Waals surface area contributed by atoms with Crippen LogP contribution in [0.2, 0.25) is 0 Å². The van der Waals surface area contributed by atoms with E-state index < -0.39 is 132 Å². The van der Waals surface area contributed by atoms with E-state index in [2.05, 4.69) is 73.1 Å². The molecule has 4 aromatic carbocycles. The molecule has 1 aliphatic heterocycles. The quantitative estimate of drug-likeness (QED) is 0.0382. The zero-order chi connectivity index (χ0) is 75.8. The number of H-pyrrole nitrogens is 4. The van der Waals surface area contributed by atoms with Gasteiger partial charge in [0.05, 0.1) is 0 Å². The van der Waals surface area contributed by atoms with E-state index in [1.54, 1.807) is 24.8 Å². The molecular formula is C79H103N15O11. The molecule has 0 unspecified atom stereocenters. The molecule has 1 saturated heterocycles. The Morgan fingerprint density at radius 1 is 0.286 bits per heavy atom. The molecule has 8 aromatic rings. The molecule has 4 aromatic heterocycles. The second-order valence-corrected chi connectivity index (χ2v) is 30.0. The lowest BCUT2D eigenvalue weighted by Gasteiger charge is -2.30. The van der Waals surface area contributed by atoms with Crippen molar-refractivity contribution in [1.29, 1.82) is 0 Å². The summed E-state index contributed by atoms with van der Waals surface area (Å²) >= 11 is 0. The summed E-state index contributed by atoms with van der Waals surface area (Å²) in [5, 5.41) is 31.9. The number of carbonyl (C=O) groups is 11. The van der Waals surface area contributed by atoms with Crippen LogP contribution in [0, 0.1) is 29.6 Å². The summed E-state index contributed by atoms with van der Waals surface area (Å²) in [6.45, 7) is 18.4. The van der Waals surface area contributed by atoms with Crippen LogP contribution in [0.5, 0.6) is 0 Å². The van der Waals surface area contributed by atoms with Gasteiger partial charge in [0, 0.05) is 101 Å². The number of aromatic nitrogens is 4. The van der Waals surface area contributed by atoms with E-state index >= 15 is 38.4 Å². The second kappa shape index (κ2) is 36.1. The standard InChI is InChI=1S/C79H103N15O11/c1-42(2)29-60-71(97)85-59(27-28-69(80)95)70(96)86-61(30-43(3)4)72(98)91-66(35-48-39-82-56-24-16-12-20-52(48)56)77(103)88-63(32-45(7)8)74(100)93-68(37-50-41-84-58-26-18-14-22-54(50)58)79(105)90-64(33-46(9)10)75(101)94-67(36-49-40-83-57-25-17-13-21-53(49)57)78(104)89-62(31-44(5)6)73(99)92-65(76(102)87-60)34-47-38-81-55-23-15-11-19-51(47)55/h11-26,38-46,59-68,81-84H,27-37H2,1-10H3,(H2,80,95)(H,85,97)(H,86,96)(H,87,102)(H,88,103)(H,89,104)(H,90,105)(H,91,98)(H,92,99)(H,93,100)(H,94,101)/t59-,60+,61+,62+,63+,64+,65-,66-,67-,68-/m0/s1. The Bertz CT molecular complexity index is 4250. The fraction of sp³-hybridized carbons (Fsp3) is 0.456. The minimum absolute atomic E-state index is 0.0102. The zero-order valence-corrected chi connectivity index (χ0v) is 61.6. The van der Waals surface area contributed by atoms with Crippen LogP contribution in [-0.2, 0) is 78.4 Å². The lowest BCUT2D eigenvalue weighted by atomic mass is 9.97. The Kier molecular flexibility index (Phi) is 26.9. The number of hydrogen-bond acceptors (Lipinski definition) is 11. The van der Waals surface area contributed by atoms with Crippen molar-refractivity contribution in [2.75, 3.05) is 0 Å². The number of fused-ring (bicyclic) bond motifs is 4. The van der Waals surface area contributed by atoms with E-state index in [0.29, 0.717) is 22.3 Å². The average molecular weight is 1440 g/mol. The molecule has 5 heterocycles. The first-order chi connectivity index (χ1) is 50.1. The number of rotatable bonds is 21. The molecule has 16 N–H and O–H groups in total. The first-order valence-electron chi connectivity index (χ1n) is 36.6. The molecule has 9 rings (SSSR count). The van der Waals surface area contributed by atoms with Gasteiger partial charge in [-0.1, -0.05) is 142 Å². The van der Waals surface area contributed by atoms with Gasteiger partial charge in [0.2, 0.25) is 65.0 Å². The number of nitrogens with one attached hydrogen (secondary N) is 14. The van der Waals surface area contributed by atoms with Crippen LogP contribution in [0.25, 0.3) is 43.6 Å². The van der Waals surface area contributed by atoms with Gasteiger partial charge >= 0.3 is 0 Å². The van der Waals surface area contributed by atoms with Gasteiger partial charge in [-0.2, -0.15) is 0 Å². The van der Waals surface area contributed by atoms with Crippen LogP contribution >= 0.6 is 0 Å². The topological polar surface area (TPSA) is 397 Å². The zero-order valence-electron chi connectivity index (χ0n) is 61.6. The summed E-state index contributed by atoms with van der Waals surface area (Å²) in [5.74, 6) is -9.99. The second-order valence-electron chi connectivity index (χ2n) is 30.0. The summed E-state index contributed by atoms with van der Waals surface area (Å²) in [4.78, 5) is 178. The van der Waals surface area contributed by atoms with Crippen LogP contribution < -0.4 is 58.9 Å². The van der Waals surface area contributed by atoms with E-state index in [9.17, 15) is 14.4 Å². The summed E-state index contributed by atoms with van der Waals surface area (Å²) in [6, 6.07) is 15.6. The number of carbonyl (C=O) groups excluding carboxylic acids is 11. The van der Waals surface area contributed by atoms with E-state index in [1.807, 2.05) is 166 Å². The molecule has 0 aliphatic carbocycles. The lowest BCUT2D eigenvalue weighted by Crippen LogP contribution is -2.62. The van der Waals surface area contributed by atoms with Gasteiger partial charge < -0.3 is 78.8 Å². The number of benzene rings is 4. The SMILES string of the molecule is CC(C)C[C@H]1NC(=O)[C@H](CCC(N)=O)NC(=O)[C@@H](CC(C)C)NC(=O)[C@H](Cc2c[nH]c3ccccc23)NC(=O)[C@@H](CC(C)C)NC(=O)[C@H](Cc2c[nH]c3ccccc23)NC(=O)[C@@H](CC(C)C)NC(=O)[C@H](Cc2c[nH]c3ccccc23)NC(=O)[C@@H](CC(C)C)NC(=O)[C@H](Cc2c[nH]c3ccccc23)NC1=O. The average Bonchev–Trinajstić information content (AvgIpc) is 1.75. The van der Waals surface area contributed by atoms with Crippen LogP contribution in [0.15, 0.2) is 122 Å². The largest absolute Gasteiger partial charge is 0.370 e. The highest BCUT2D eigenvalue weighted by molar-refractivity contribution is 6.01. The third-order valence-electron chi connectivity index (χ3n) is 18.9. The number of hydrogen-bond donors (Lipinski definition) is 15. The predicted molar refractivity (Wildman–Crippen MR) is 403 cm³/mol. The van der Waals surface area contributed by atoms with Gasteiger partial charge in [-0.25, -0.2) is 0 Å². The molecule has 10 atom stereocenters. The van der Waals surface area contributed by atoms with Crippen molar-refractivity contribution >= 4 is 109 Å². The molecule has 0 bridgehead atoms. The minimum Gasteiger partial charge on any atom is -0.370 e. The number of nitrogens with two attached hydrogens (primary N) is 1. The van der Waals surface area contributed by atoms with Crippen molar-refractivity contribution < 1.29 is 52.7 Å². The Labute approximate surface area is 611 Å². The van der Waals surface area contributed by atoms with Crippen LogP contribution in [0.4, 0.5) is 0 Å². The van der Waals surface area contributed by atoms with Crippen LogP contribution in [0.1, 0.15) is 136 Å². The maximum absolute atomic E-state index is 15.4. The summed E-state index contributed by atoms with van der Waals surface area (Å²) in [6.07, 6.45) is 5.84. The summed E-state index contributed by atoms with van der Waals surface area (Å²) in [5.41, 5.74) is 11.2. The Morgan fingerprint density at radius 2 is 0.467 bits per heavy atom. The maximum Gasteiger partial charge on any atom is 0.243 e. The number of primary amides is 1. The van der Waals surface area contributed by atoms with E-state index in [0.717, 1.165) is 43.6 Å². The third kappa shape index (κ3) is 21.4. The molecule has 1 aliphatic rings. The Morgan fingerprint density at radius 3 is 0.676 bits per heavy atom. The summed E-state index contributed by atoms with van der Waals surface area (Å²) < 4.78 is 0. The smallest absolute Gasteiger partial charge is 0.243 e. The fourth-order valence-corrected chi connectivity index (χ4v) is 13.7. The highest BCUT2D eigenvalue weighted by atomic mass is 16.2. The van der Waals surface area contributed by atoms with Gasteiger partial charge in [0.1, 0.15) is 60.4 Å². The predicted octanol–water partition coefficient (Wildman–Crippen LogP) is 6.24. The molecule has 0 spiro atoms. The lowest BCUT2D eigenvalue weighted by molar-refractivity contribution is -0.137. The van der Waals surface area contributed by atoms with Crippen molar-refractivity contribution in [2.24, 2.45) is 35.3 Å². The first kappa shape index (κ1) is 78.3. The van der Waals surface area contributed by atoms with Gasteiger partial charge in [-0.3, -0.25) is 52.7 Å². The fourth-order valence-electron chi connectivity index (χ4n) is 13.7. The van der Waals surface area contributed by atoms with Crippen molar-refractivity contribution in [1.82, 2.24) is 73.1 Å². The first-order valence-corrected chi connectivity index (χ1v) is 36.6. The molecule has 1 fully saturated rings. The molecule has 105 heavy (non-hydrogen) atoms. The van der Waals surface area contributed by atoms with E-state index in [-0.39, 0.29) is 93.8 Å². The maximum atomic E-state index is 15.4. The highest BCUT2D eigenvalue weighted by Gasteiger charge is 2.39. The molecule has 26 heteroatoms. The molecule has 0 radical (unpaired) electrons. The summed E-state index contributed by atoms with van der Waals surface area (Å²) in [7, 11) is 0. The van der Waals surface area contributed by atoms with Gasteiger partial charge in [0.15, 0.2) is 0 Å². The monoisotopic (exact) mass is 1440 g/mol. The Hall–Kier alpha value is -10.8. The molecular weight excluding hydrogens is 1330 g/mol.